The van der Waals surface area contributed by atoms with Crippen LogP contribution in [0.5, 0.6) is 0 Å². The van der Waals surface area contributed by atoms with E-state index in [4.69, 9.17) is 0 Å². The van der Waals surface area contributed by atoms with Gasteiger partial charge < -0.3 is 9.47 Å². The van der Waals surface area contributed by atoms with Crippen molar-refractivity contribution in [1.29, 1.82) is 0 Å². The van der Waals surface area contributed by atoms with Crippen molar-refractivity contribution in [3.8, 4) is 50.2 Å². The first-order valence-electron chi connectivity index (χ1n) is 26.1. The van der Waals surface area contributed by atoms with Crippen LogP contribution in [0.3, 0.4) is 0 Å². The molecule has 354 valence electrons. The Labute approximate surface area is 438 Å². The highest BCUT2D eigenvalue weighted by atomic mass is 15.2. The highest BCUT2D eigenvalue weighted by Gasteiger charge is 2.33. The highest BCUT2D eigenvalue weighted by molar-refractivity contribution is 6.16. The van der Waals surface area contributed by atoms with Crippen LogP contribution in [-0.4, -0.2) is 10.1 Å². The largest absolute Gasteiger partial charge is 0.332 e. The first-order chi connectivity index (χ1) is 37.0. The van der Waals surface area contributed by atoms with Crippen LogP contribution in [0.15, 0.2) is 285 Å². The molecule has 1 aromatic heterocycles. The Hall–Kier alpha value is -9.50. The Bertz CT molecular complexity index is 4360. The number of para-hydroxylation sites is 1. The van der Waals surface area contributed by atoms with E-state index in [1.807, 2.05) is 0 Å². The molecule has 0 radical (unpaired) electrons. The zero-order valence-electron chi connectivity index (χ0n) is 41.7. The highest BCUT2D eigenvalue weighted by Crippen LogP contribution is 2.45. The summed E-state index contributed by atoms with van der Waals surface area (Å²) in [4.78, 5) is 2.56. The molecular weight excluding hydrogens is 905 g/mol. The van der Waals surface area contributed by atoms with Crippen LogP contribution < -0.4 is 4.90 Å². The first-order valence-corrected chi connectivity index (χ1v) is 26.1. The second-order valence-corrected chi connectivity index (χ2v) is 20.3. The SMILES string of the molecule is CC1(N(c2ccc(-c3ccc(-c4cccc5ccccc45)cc3)cc2)c2cccc(-c3cccc4c3c3ccc(-c5ccccc5)cc3n4-c3ccccc3)c2)C=CC(c2ccc3c(ccc4ccccc43)c2)=CC1. The second kappa shape index (κ2) is 18.2. The lowest BCUT2D eigenvalue weighted by Gasteiger charge is -2.42. The van der Waals surface area contributed by atoms with Crippen LogP contribution in [0.2, 0.25) is 0 Å². The van der Waals surface area contributed by atoms with Crippen molar-refractivity contribution in [2.45, 2.75) is 18.9 Å². The maximum Gasteiger partial charge on any atom is 0.0643 e. The Morgan fingerprint density at radius 2 is 0.933 bits per heavy atom. The summed E-state index contributed by atoms with van der Waals surface area (Å²) < 4.78 is 2.44. The van der Waals surface area contributed by atoms with Gasteiger partial charge in [-0.1, -0.05) is 231 Å². The summed E-state index contributed by atoms with van der Waals surface area (Å²) in [6.45, 7) is 2.38. The van der Waals surface area contributed by atoms with E-state index in [1.54, 1.807) is 0 Å². The zero-order chi connectivity index (χ0) is 49.9. The molecule has 1 aliphatic rings. The van der Waals surface area contributed by atoms with Crippen molar-refractivity contribution >= 4 is 71.1 Å². The predicted octanol–water partition coefficient (Wildman–Crippen LogP) is 19.9. The smallest absolute Gasteiger partial charge is 0.0643 e. The zero-order valence-corrected chi connectivity index (χ0v) is 41.7. The van der Waals surface area contributed by atoms with Gasteiger partial charge >= 0.3 is 0 Å². The normalized spacial score (nSPS) is 14.5. The molecule has 0 amide bonds. The number of anilines is 2. The predicted molar refractivity (Wildman–Crippen MR) is 320 cm³/mol. The van der Waals surface area contributed by atoms with Crippen LogP contribution in [0.4, 0.5) is 11.4 Å². The fraction of sp³-hybridized carbons (Fsp3) is 0.0411. The summed E-state index contributed by atoms with van der Waals surface area (Å²) >= 11 is 0. The monoisotopic (exact) mass is 956 g/mol. The van der Waals surface area contributed by atoms with Crippen molar-refractivity contribution in [3.63, 3.8) is 0 Å². The molecule has 0 aliphatic heterocycles. The van der Waals surface area contributed by atoms with Gasteiger partial charge in [-0.2, -0.15) is 0 Å². The van der Waals surface area contributed by atoms with Gasteiger partial charge in [0.05, 0.1) is 16.6 Å². The maximum absolute atomic E-state index is 2.56. The molecule has 2 nitrogen and oxygen atoms in total. The van der Waals surface area contributed by atoms with Crippen molar-refractivity contribution in [3.05, 3.63) is 291 Å². The van der Waals surface area contributed by atoms with E-state index in [2.05, 4.69) is 302 Å². The second-order valence-electron chi connectivity index (χ2n) is 20.3. The molecular formula is C73H52N2. The first kappa shape index (κ1) is 44.2. The lowest BCUT2D eigenvalue weighted by Crippen LogP contribution is -2.42. The van der Waals surface area contributed by atoms with Crippen molar-refractivity contribution < 1.29 is 0 Å². The number of benzene rings is 12. The molecule has 1 atom stereocenters. The summed E-state index contributed by atoms with van der Waals surface area (Å²) in [5, 5.41) is 10.1. The van der Waals surface area contributed by atoms with E-state index in [0.717, 1.165) is 23.5 Å². The molecule has 13 aromatic rings. The van der Waals surface area contributed by atoms with Crippen molar-refractivity contribution in [2.24, 2.45) is 0 Å². The average molecular weight is 957 g/mol. The molecule has 1 unspecified atom stereocenters. The van der Waals surface area contributed by atoms with Crippen molar-refractivity contribution in [2.75, 3.05) is 4.90 Å². The number of nitrogens with zero attached hydrogens (tertiary/aromatic N) is 2. The molecule has 1 aliphatic carbocycles. The van der Waals surface area contributed by atoms with Crippen LogP contribution in [0, 0.1) is 0 Å². The number of hydrogen-bond acceptors (Lipinski definition) is 1. The number of fused-ring (bicyclic) bond motifs is 7. The molecule has 75 heavy (non-hydrogen) atoms. The third-order valence-corrected chi connectivity index (χ3v) is 15.7. The van der Waals surface area contributed by atoms with Crippen LogP contribution >= 0.6 is 0 Å². The Balaban J connectivity index is 0.866. The quantitative estimate of drug-likeness (QED) is 0.131. The summed E-state index contributed by atoms with van der Waals surface area (Å²) in [7, 11) is 0. The molecule has 14 rings (SSSR count). The van der Waals surface area contributed by atoms with E-state index >= 15 is 0 Å². The Kier molecular flexibility index (Phi) is 10.7. The van der Waals surface area contributed by atoms with E-state index in [1.165, 1.54) is 110 Å². The fourth-order valence-corrected chi connectivity index (χ4v) is 11.9. The van der Waals surface area contributed by atoms with E-state index in [9.17, 15) is 0 Å². The molecule has 0 spiro atoms. The van der Waals surface area contributed by atoms with Gasteiger partial charge in [0, 0.05) is 27.8 Å². The summed E-state index contributed by atoms with van der Waals surface area (Å²) in [6, 6.07) is 98.1. The molecule has 0 N–H and O–H groups in total. The average Bonchev–Trinajstić information content (AvgIpc) is 3.82. The number of allylic oxidation sites excluding steroid dienone is 2. The standard InChI is InChI=1S/C73H52N2/c1-73(45-43-53(44-46-73)57-37-41-67-60(47-57)34-33-55-18-9-11-25-65(55)67)75(62-39-35-52(36-40-62)51-29-31-56(32-30-51)66-26-13-19-54-17-8-10-24-64(54)66)63-23-12-20-59(48-63)68-27-14-28-70-72(68)69-42-38-58(50-15-4-2-5-16-50)49-71(69)74(70)61-21-6-3-7-22-61/h2-45,47-49H,46H2,1H3. The molecule has 0 fully saturated rings. The maximum atomic E-state index is 2.56. The van der Waals surface area contributed by atoms with Crippen LogP contribution in [-0.2, 0) is 0 Å². The van der Waals surface area contributed by atoms with Gasteiger partial charge in [-0.3, -0.25) is 0 Å². The number of rotatable bonds is 9. The van der Waals surface area contributed by atoms with Gasteiger partial charge in [-0.05, 0) is 156 Å². The minimum atomic E-state index is -0.389. The molecule has 1 heterocycles. The lowest BCUT2D eigenvalue weighted by atomic mass is 9.85. The third kappa shape index (κ3) is 7.82. The number of hydrogen-bond donors (Lipinski definition) is 0. The minimum Gasteiger partial charge on any atom is -0.332 e. The van der Waals surface area contributed by atoms with Gasteiger partial charge in [-0.25, -0.2) is 0 Å². The van der Waals surface area contributed by atoms with E-state index in [0.29, 0.717) is 0 Å². The van der Waals surface area contributed by atoms with E-state index < -0.39 is 0 Å². The summed E-state index contributed by atoms with van der Waals surface area (Å²) in [6.07, 6.45) is 8.03. The van der Waals surface area contributed by atoms with Gasteiger partial charge in [0.15, 0.2) is 0 Å². The molecule has 0 saturated heterocycles. The Morgan fingerprint density at radius 1 is 0.360 bits per heavy atom. The Morgan fingerprint density at radius 3 is 1.72 bits per heavy atom. The van der Waals surface area contributed by atoms with Gasteiger partial charge in [0.1, 0.15) is 0 Å². The lowest BCUT2D eigenvalue weighted by molar-refractivity contribution is 0.571. The topological polar surface area (TPSA) is 8.17 Å². The molecule has 0 bridgehead atoms. The fourth-order valence-electron chi connectivity index (χ4n) is 11.9. The molecule has 2 heteroatoms. The van der Waals surface area contributed by atoms with E-state index in [-0.39, 0.29) is 5.54 Å². The van der Waals surface area contributed by atoms with Gasteiger partial charge in [0.2, 0.25) is 0 Å². The van der Waals surface area contributed by atoms with Crippen molar-refractivity contribution in [1.82, 2.24) is 4.57 Å². The molecule has 0 saturated carbocycles. The number of aromatic nitrogens is 1. The van der Waals surface area contributed by atoms with Crippen LogP contribution in [0.1, 0.15) is 18.9 Å². The van der Waals surface area contributed by atoms with Gasteiger partial charge in [0.25, 0.3) is 0 Å². The van der Waals surface area contributed by atoms with Crippen LogP contribution in [0.25, 0.3) is 110 Å². The summed E-state index contributed by atoms with van der Waals surface area (Å²) in [5.74, 6) is 0. The minimum absolute atomic E-state index is 0.389. The summed E-state index contributed by atoms with van der Waals surface area (Å²) in [5.41, 5.74) is 17.5. The third-order valence-electron chi connectivity index (χ3n) is 15.7. The van der Waals surface area contributed by atoms with Gasteiger partial charge in [-0.15, -0.1) is 0 Å². The molecule has 12 aromatic carbocycles.